The molecule has 1 amide bonds. The first kappa shape index (κ1) is 20.2. The average molecular weight is 451 g/mol. The molecule has 0 spiro atoms. The number of sulfonamides is 1. The van der Waals surface area contributed by atoms with Gasteiger partial charge in [0.25, 0.3) is 0 Å². The fourth-order valence-electron chi connectivity index (χ4n) is 2.19. The van der Waals surface area contributed by atoms with Crippen LogP contribution in [-0.2, 0) is 21.0 Å². The van der Waals surface area contributed by atoms with Crippen LogP contribution >= 0.6 is 15.9 Å². The molecule has 0 aliphatic heterocycles. The van der Waals surface area contributed by atoms with Gasteiger partial charge in [-0.3, -0.25) is 9.10 Å². The molecule has 2 aromatic carbocycles. The third-order valence-electron chi connectivity index (χ3n) is 3.32. The Morgan fingerprint density at radius 2 is 1.69 bits per heavy atom. The summed E-state index contributed by atoms with van der Waals surface area (Å²) in [5, 5.41) is 2.13. The zero-order chi connectivity index (χ0) is 19.5. The number of hydrogen-bond acceptors (Lipinski definition) is 3. The molecule has 0 fully saturated rings. The minimum absolute atomic E-state index is 0.203. The summed E-state index contributed by atoms with van der Waals surface area (Å²) < 4.78 is 64.3. The topological polar surface area (TPSA) is 66.5 Å². The number of alkyl halides is 3. The van der Waals surface area contributed by atoms with Crippen LogP contribution in [0.2, 0.25) is 0 Å². The highest BCUT2D eigenvalue weighted by Crippen LogP contribution is 2.34. The Labute approximate surface area is 157 Å². The standard InChI is InChI=1S/C16H14BrF3N2O3S/c1-26(24,25)22(14-9-5-3-7-12(14)17)10-15(23)21-13-8-4-2-6-11(13)16(18,19)20/h2-9H,10H2,1H3,(H,21,23). The largest absolute Gasteiger partial charge is 0.418 e. The van der Waals surface area contributed by atoms with E-state index in [1.807, 2.05) is 0 Å². The Morgan fingerprint density at radius 1 is 1.12 bits per heavy atom. The Balaban J connectivity index is 2.29. The molecule has 0 atom stereocenters. The molecule has 2 rings (SSSR count). The molecule has 0 bridgehead atoms. The first-order chi connectivity index (χ1) is 12.0. The third-order valence-corrected chi connectivity index (χ3v) is 5.11. The second kappa shape index (κ2) is 7.67. The lowest BCUT2D eigenvalue weighted by molar-refractivity contribution is -0.137. The van der Waals surface area contributed by atoms with Crippen molar-refractivity contribution in [2.45, 2.75) is 6.18 Å². The molecular formula is C16H14BrF3N2O3S. The lowest BCUT2D eigenvalue weighted by Gasteiger charge is -2.23. The van der Waals surface area contributed by atoms with Crippen LogP contribution in [0.1, 0.15) is 5.56 Å². The summed E-state index contributed by atoms with van der Waals surface area (Å²) in [6.07, 6.45) is -3.74. The molecule has 0 radical (unpaired) electrons. The number of anilines is 2. The second-order valence-electron chi connectivity index (χ2n) is 5.31. The van der Waals surface area contributed by atoms with E-state index in [0.717, 1.165) is 22.7 Å². The van der Waals surface area contributed by atoms with E-state index in [1.54, 1.807) is 18.2 Å². The predicted octanol–water partition coefficient (Wildman–Crippen LogP) is 3.87. The van der Waals surface area contributed by atoms with Crippen LogP contribution in [0, 0.1) is 0 Å². The molecule has 1 N–H and O–H groups in total. The Kier molecular flexibility index (Phi) is 5.97. The highest BCUT2D eigenvalue weighted by atomic mass is 79.9. The van der Waals surface area contributed by atoms with E-state index in [4.69, 9.17) is 0 Å². The number of benzene rings is 2. The summed E-state index contributed by atoms with van der Waals surface area (Å²) in [6, 6.07) is 10.8. The molecule has 0 aromatic heterocycles. The van der Waals surface area contributed by atoms with Gasteiger partial charge in [-0.1, -0.05) is 24.3 Å². The highest BCUT2D eigenvalue weighted by molar-refractivity contribution is 9.10. The summed E-state index contributed by atoms with van der Waals surface area (Å²) in [6.45, 7) is -0.673. The van der Waals surface area contributed by atoms with E-state index in [-0.39, 0.29) is 5.69 Å². The molecule has 10 heteroatoms. The van der Waals surface area contributed by atoms with Crippen LogP contribution < -0.4 is 9.62 Å². The van der Waals surface area contributed by atoms with Gasteiger partial charge in [-0.05, 0) is 40.2 Å². The van der Waals surface area contributed by atoms with Gasteiger partial charge in [-0.2, -0.15) is 13.2 Å². The minimum atomic E-state index is -4.65. The van der Waals surface area contributed by atoms with Gasteiger partial charge in [0.2, 0.25) is 15.9 Å². The number of halogens is 4. The number of nitrogens with zero attached hydrogens (tertiary/aromatic N) is 1. The van der Waals surface area contributed by atoms with Crippen molar-refractivity contribution in [3.63, 3.8) is 0 Å². The van der Waals surface area contributed by atoms with E-state index in [9.17, 15) is 26.4 Å². The summed E-state index contributed by atoms with van der Waals surface area (Å²) in [5.74, 6) is -0.900. The summed E-state index contributed by atoms with van der Waals surface area (Å²) in [5.41, 5.74) is -1.25. The molecule has 0 aliphatic rings. The molecule has 2 aromatic rings. The molecule has 0 aliphatic carbocycles. The zero-order valence-electron chi connectivity index (χ0n) is 13.4. The molecule has 0 saturated heterocycles. The van der Waals surface area contributed by atoms with E-state index in [1.165, 1.54) is 18.2 Å². The molecule has 0 heterocycles. The van der Waals surface area contributed by atoms with Gasteiger partial charge >= 0.3 is 6.18 Å². The van der Waals surface area contributed by atoms with Crippen molar-refractivity contribution in [2.75, 3.05) is 22.4 Å². The fraction of sp³-hybridized carbons (Fsp3) is 0.188. The Bertz CT molecular complexity index is 917. The normalized spacial score (nSPS) is 11.9. The van der Waals surface area contributed by atoms with E-state index < -0.39 is 39.9 Å². The van der Waals surface area contributed by atoms with Crippen molar-refractivity contribution in [3.8, 4) is 0 Å². The van der Waals surface area contributed by atoms with Gasteiger partial charge in [0.15, 0.2) is 0 Å². The number of nitrogens with one attached hydrogen (secondary N) is 1. The average Bonchev–Trinajstić information content (AvgIpc) is 2.52. The first-order valence-electron chi connectivity index (χ1n) is 7.18. The Hall–Kier alpha value is -2.07. The number of carbonyl (C=O) groups is 1. The smallest absolute Gasteiger partial charge is 0.324 e. The molecule has 0 saturated carbocycles. The van der Waals surface area contributed by atoms with Crippen molar-refractivity contribution < 1.29 is 26.4 Å². The quantitative estimate of drug-likeness (QED) is 0.751. The van der Waals surface area contributed by atoms with Gasteiger partial charge < -0.3 is 5.32 Å². The summed E-state index contributed by atoms with van der Waals surface area (Å²) >= 11 is 3.20. The van der Waals surface area contributed by atoms with Crippen LogP contribution in [-0.4, -0.2) is 27.1 Å². The number of para-hydroxylation sites is 2. The molecule has 140 valence electrons. The van der Waals surface area contributed by atoms with Crippen molar-refractivity contribution in [2.24, 2.45) is 0 Å². The van der Waals surface area contributed by atoms with Crippen molar-refractivity contribution in [1.29, 1.82) is 0 Å². The zero-order valence-corrected chi connectivity index (χ0v) is 15.8. The van der Waals surface area contributed by atoms with E-state index >= 15 is 0 Å². The second-order valence-corrected chi connectivity index (χ2v) is 8.07. The van der Waals surface area contributed by atoms with Crippen molar-refractivity contribution in [3.05, 3.63) is 58.6 Å². The van der Waals surface area contributed by atoms with Crippen molar-refractivity contribution >= 4 is 43.2 Å². The minimum Gasteiger partial charge on any atom is -0.324 e. The van der Waals surface area contributed by atoms with Crippen LogP contribution in [0.3, 0.4) is 0 Å². The number of rotatable bonds is 5. The fourth-order valence-corrected chi connectivity index (χ4v) is 3.68. The maximum Gasteiger partial charge on any atom is 0.418 e. The monoisotopic (exact) mass is 450 g/mol. The van der Waals surface area contributed by atoms with Gasteiger partial charge in [0.05, 0.1) is 23.2 Å². The van der Waals surface area contributed by atoms with Crippen LogP contribution in [0.5, 0.6) is 0 Å². The maximum atomic E-state index is 13.0. The first-order valence-corrected chi connectivity index (χ1v) is 9.82. The summed E-state index contributed by atoms with van der Waals surface area (Å²) in [4.78, 5) is 12.2. The summed E-state index contributed by atoms with van der Waals surface area (Å²) in [7, 11) is -3.85. The molecule has 26 heavy (non-hydrogen) atoms. The molecular weight excluding hydrogens is 437 g/mol. The van der Waals surface area contributed by atoms with Crippen molar-refractivity contribution in [1.82, 2.24) is 0 Å². The van der Waals surface area contributed by atoms with Gasteiger partial charge in [0, 0.05) is 4.47 Å². The Morgan fingerprint density at radius 3 is 2.27 bits per heavy atom. The van der Waals surface area contributed by atoms with Gasteiger partial charge in [-0.15, -0.1) is 0 Å². The van der Waals surface area contributed by atoms with E-state index in [2.05, 4.69) is 21.2 Å². The highest BCUT2D eigenvalue weighted by Gasteiger charge is 2.34. The van der Waals surface area contributed by atoms with Crippen LogP contribution in [0.15, 0.2) is 53.0 Å². The maximum absolute atomic E-state index is 13.0. The lowest BCUT2D eigenvalue weighted by atomic mass is 10.1. The SMILES string of the molecule is CS(=O)(=O)N(CC(=O)Nc1ccccc1C(F)(F)F)c1ccccc1Br. The number of amides is 1. The third kappa shape index (κ3) is 4.98. The molecule has 0 unspecified atom stereocenters. The number of hydrogen-bond donors (Lipinski definition) is 1. The van der Waals surface area contributed by atoms with Gasteiger partial charge in [0.1, 0.15) is 6.54 Å². The number of carbonyl (C=O) groups excluding carboxylic acids is 1. The van der Waals surface area contributed by atoms with Gasteiger partial charge in [-0.25, -0.2) is 8.42 Å². The van der Waals surface area contributed by atoms with Crippen LogP contribution in [0.25, 0.3) is 0 Å². The predicted molar refractivity (Wildman–Crippen MR) is 96.4 cm³/mol. The van der Waals surface area contributed by atoms with Crippen LogP contribution in [0.4, 0.5) is 24.5 Å². The van der Waals surface area contributed by atoms with E-state index in [0.29, 0.717) is 4.47 Å². The lowest BCUT2D eigenvalue weighted by Crippen LogP contribution is -2.37. The molecule has 5 nitrogen and oxygen atoms in total.